The van der Waals surface area contributed by atoms with Crippen molar-refractivity contribution in [3.8, 4) is 0 Å². The van der Waals surface area contributed by atoms with Crippen molar-refractivity contribution >= 4 is 29.1 Å². The van der Waals surface area contributed by atoms with Crippen LogP contribution in [0.5, 0.6) is 0 Å². The van der Waals surface area contributed by atoms with Gasteiger partial charge in [-0.3, -0.25) is 4.79 Å². The molecule has 0 saturated heterocycles. The fraction of sp³-hybridized carbons (Fsp3) is 0.278. The van der Waals surface area contributed by atoms with E-state index in [1.165, 1.54) is 0 Å². The number of amides is 1. The molecule has 0 aliphatic heterocycles. The molecule has 0 aromatic heterocycles. The van der Waals surface area contributed by atoms with Crippen molar-refractivity contribution in [1.82, 2.24) is 10.2 Å². The Morgan fingerprint density at radius 2 is 1.83 bits per heavy atom. The van der Waals surface area contributed by atoms with Gasteiger partial charge in [-0.05, 0) is 37.4 Å². The standard InChI is InChI=1S/C18H20Cl2N2O/c1-22(2)12-17(13-6-4-3-5-7-13)21-18(23)10-14-8-9-15(19)11-16(14)20/h3-9,11,17H,10,12H2,1-2H3,(H,21,23)/t17-/m1/s1. The van der Waals surface area contributed by atoms with Crippen molar-refractivity contribution in [2.45, 2.75) is 12.5 Å². The molecule has 0 saturated carbocycles. The molecule has 1 atom stereocenters. The normalized spacial score (nSPS) is 12.2. The molecule has 0 radical (unpaired) electrons. The highest BCUT2D eigenvalue weighted by molar-refractivity contribution is 6.35. The molecule has 3 nitrogen and oxygen atoms in total. The molecule has 1 N–H and O–H groups in total. The zero-order valence-corrected chi connectivity index (χ0v) is 14.7. The van der Waals surface area contributed by atoms with Crippen molar-refractivity contribution in [3.05, 3.63) is 69.7 Å². The number of nitrogens with one attached hydrogen (secondary N) is 1. The van der Waals surface area contributed by atoms with Gasteiger partial charge in [0.2, 0.25) is 5.91 Å². The van der Waals surface area contributed by atoms with Gasteiger partial charge in [0.1, 0.15) is 0 Å². The molecule has 1 amide bonds. The number of halogens is 2. The monoisotopic (exact) mass is 350 g/mol. The Bertz CT molecular complexity index is 659. The lowest BCUT2D eigenvalue weighted by molar-refractivity contribution is -0.121. The summed E-state index contributed by atoms with van der Waals surface area (Å²) < 4.78 is 0. The van der Waals surface area contributed by atoms with Gasteiger partial charge in [-0.1, -0.05) is 59.6 Å². The third-order valence-electron chi connectivity index (χ3n) is 3.45. The van der Waals surface area contributed by atoms with Crippen molar-refractivity contribution in [3.63, 3.8) is 0 Å². The molecular weight excluding hydrogens is 331 g/mol. The van der Waals surface area contributed by atoms with Gasteiger partial charge in [-0.25, -0.2) is 0 Å². The summed E-state index contributed by atoms with van der Waals surface area (Å²) in [6.45, 7) is 0.726. The minimum Gasteiger partial charge on any atom is -0.348 e. The average molecular weight is 351 g/mol. The highest BCUT2D eigenvalue weighted by Crippen LogP contribution is 2.22. The second-order valence-corrected chi connectivity index (χ2v) is 6.55. The molecule has 5 heteroatoms. The molecular formula is C18H20Cl2N2O. The van der Waals surface area contributed by atoms with Gasteiger partial charge >= 0.3 is 0 Å². The van der Waals surface area contributed by atoms with Gasteiger partial charge in [-0.15, -0.1) is 0 Å². The minimum absolute atomic E-state index is 0.0649. The molecule has 0 aliphatic carbocycles. The van der Waals surface area contributed by atoms with E-state index in [-0.39, 0.29) is 18.4 Å². The van der Waals surface area contributed by atoms with Crippen molar-refractivity contribution in [2.75, 3.05) is 20.6 Å². The van der Waals surface area contributed by atoms with E-state index in [0.29, 0.717) is 10.0 Å². The average Bonchev–Trinajstić information content (AvgIpc) is 2.50. The van der Waals surface area contributed by atoms with Crippen LogP contribution >= 0.6 is 23.2 Å². The molecule has 2 rings (SSSR count). The maximum Gasteiger partial charge on any atom is 0.225 e. The number of nitrogens with zero attached hydrogens (tertiary/aromatic N) is 1. The summed E-state index contributed by atoms with van der Waals surface area (Å²) in [4.78, 5) is 14.4. The Morgan fingerprint density at radius 1 is 1.13 bits per heavy atom. The number of rotatable bonds is 6. The van der Waals surface area contributed by atoms with Crippen molar-refractivity contribution < 1.29 is 4.79 Å². The summed E-state index contributed by atoms with van der Waals surface area (Å²) in [5.41, 5.74) is 1.85. The van der Waals surface area contributed by atoms with Crippen LogP contribution in [-0.2, 0) is 11.2 Å². The van der Waals surface area contributed by atoms with Crippen LogP contribution in [0.25, 0.3) is 0 Å². The van der Waals surface area contributed by atoms with Crippen LogP contribution in [0.3, 0.4) is 0 Å². The van der Waals surface area contributed by atoms with Gasteiger partial charge in [0.05, 0.1) is 12.5 Å². The molecule has 0 unspecified atom stereocenters. The van der Waals surface area contributed by atoms with Crippen LogP contribution in [0.1, 0.15) is 17.2 Å². The molecule has 2 aromatic rings. The predicted molar refractivity (Wildman–Crippen MR) is 96.0 cm³/mol. The third-order valence-corrected chi connectivity index (χ3v) is 4.04. The van der Waals surface area contributed by atoms with Crippen LogP contribution in [0.2, 0.25) is 10.0 Å². The number of likely N-dealkylation sites (N-methyl/N-ethyl adjacent to an activating group) is 1. The number of hydrogen-bond acceptors (Lipinski definition) is 2. The summed E-state index contributed by atoms with van der Waals surface area (Å²) >= 11 is 12.0. The summed E-state index contributed by atoms with van der Waals surface area (Å²) in [5.74, 6) is -0.0649. The largest absolute Gasteiger partial charge is 0.348 e. The van der Waals surface area contributed by atoms with Crippen LogP contribution < -0.4 is 5.32 Å². The number of carbonyl (C=O) groups is 1. The number of benzene rings is 2. The second kappa shape index (κ2) is 8.34. The Labute approximate surface area is 147 Å². The molecule has 23 heavy (non-hydrogen) atoms. The Hall–Kier alpha value is -1.55. The lowest BCUT2D eigenvalue weighted by atomic mass is 10.1. The first kappa shape index (κ1) is 17.8. The Kier molecular flexibility index (Phi) is 6.46. The number of carbonyl (C=O) groups excluding carboxylic acids is 1. The van der Waals surface area contributed by atoms with Gasteiger partial charge in [0, 0.05) is 16.6 Å². The fourth-order valence-corrected chi connectivity index (χ4v) is 2.84. The van der Waals surface area contributed by atoms with E-state index in [1.807, 2.05) is 49.3 Å². The molecule has 0 fully saturated rings. The third kappa shape index (κ3) is 5.54. The lowest BCUT2D eigenvalue weighted by Crippen LogP contribution is -2.36. The van der Waals surface area contributed by atoms with Crippen molar-refractivity contribution in [1.29, 1.82) is 0 Å². The zero-order chi connectivity index (χ0) is 16.8. The molecule has 122 valence electrons. The minimum atomic E-state index is -0.0650. The Morgan fingerprint density at radius 3 is 2.43 bits per heavy atom. The van der Waals surface area contributed by atoms with E-state index in [9.17, 15) is 4.79 Å². The molecule has 0 heterocycles. The highest BCUT2D eigenvalue weighted by Gasteiger charge is 2.16. The maximum absolute atomic E-state index is 12.4. The van der Waals surface area contributed by atoms with E-state index < -0.39 is 0 Å². The maximum atomic E-state index is 12.4. The smallest absolute Gasteiger partial charge is 0.225 e. The molecule has 0 spiro atoms. The van der Waals surface area contributed by atoms with Crippen molar-refractivity contribution in [2.24, 2.45) is 0 Å². The summed E-state index contributed by atoms with van der Waals surface area (Å²) in [5, 5.41) is 4.16. The van der Waals surface area contributed by atoms with Crippen LogP contribution in [0.15, 0.2) is 48.5 Å². The van der Waals surface area contributed by atoms with Crippen LogP contribution in [-0.4, -0.2) is 31.4 Å². The molecule has 2 aromatic carbocycles. The van der Waals surface area contributed by atoms with Crippen LogP contribution in [0.4, 0.5) is 0 Å². The topological polar surface area (TPSA) is 32.3 Å². The Balaban J connectivity index is 2.08. The lowest BCUT2D eigenvalue weighted by Gasteiger charge is -2.23. The van der Waals surface area contributed by atoms with Crippen LogP contribution in [0, 0.1) is 0 Å². The first-order valence-corrected chi connectivity index (χ1v) is 8.14. The molecule has 0 aliphatic rings. The fourth-order valence-electron chi connectivity index (χ4n) is 2.37. The summed E-state index contributed by atoms with van der Waals surface area (Å²) in [6, 6.07) is 15.1. The quantitative estimate of drug-likeness (QED) is 0.855. The SMILES string of the molecule is CN(C)C[C@@H](NC(=O)Cc1ccc(Cl)cc1Cl)c1ccccc1. The second-order valence-electron chi connectivity index (χ2n) is 5.71. The zero-order valence-electron chi connectivity index (χ0n) is 13.2. The van der Waals surface area contributed by atoms with E-state index in [4.69, 9.17) is 23.2 Å². The van der Waals surface area contributed by atoms with E-state index in [2.05, 4.69) is 5.32 Å². The van der Waals surface area contributed by atoms with E-state index >= 15 is 0 Å². The molecule has 0 bridgehead atoms. The van der Waals surface area contributed by atoms with Gasteiger partial charge in [0.25, 0.3) is 0 Å². The first-order valence-electron chi connectivity index (χ1n) is 7.38. The number of hydrogen-bond donors (Lipinski definition) is 1. The van der Waals surface area contributed by atoms with E-state index in [1.54, 1.807) is 18.2 Å². The van der Waals surface area contributed by atoms with E-state index in [0.717, 1.165) is 17.7 Å². The van der Waals surface area contributed by atoms with Gasteiger partial charge < -0.3 is 10.2 Å². The summed E-state index contributed by atoms with van der Waals surface area (Å²) in [6.07, 6.45) is 0.229. The van der Waals surface area contributed by atoms with Gasteiger partial charge in [0.15, 0.2) is 0 Å². The summed E-state index contributed by atoms with van der Waals surface area (Å²) in [7, 11) is 3.97. The predicted octanol–water partition coefficient (Wildman–Crippen LogP) is 3.96. The first-order chi connectivity index (χ1) is 11.0. The highest BCUT2D eigenvalue weighted by atomic mass is 35.5. The van der Waals surface area contributed by atoms with Gasteiger partial charge in [-0.2, -0.15) is 0 Å².